The maximum atomic E-state index is 3.42. The quantitative estimate of drug-likeness (QED) is 0.667. The molecule has 0 aliphatic carbocycles. The Kier molecular flexibility index (Phi) is 4.32. The van der Waals surface area contributed by atoms with Crippen molar-refractivity contribution in [1.29, 1.82) is 0 Å². The SMILES string of the molecule is Brc1ccc2c(c1)NCC2.Brc1ccc2c(c1)NCC2. The predicted molar refractivity (Wildman–Crippen MR) is 92.7 cm³/mol. The highest BCUT2D eigenvalue weighted by Gasteiger charge is 2.08. The van der Waals surface area contributed by atoms with Gasteiger partial charge in [-0.15, -0.1) is 0 Å². The van der Waals surface area contributed by atoms with Crippen LogP contribution in [0, 0.1) is 0 Å². The summed E-state index contributed by atoms with van der Waals surface area (Å²) in [5.74, 6) is 0. The minimum Gasteiger partial charge on any atom is -0.384 e. The number of benzene rings is 2. The van der Waals surface area contributed by atoms with Crippen molar-refractivity contribution in [3.63, 3.8) is 0 Å². The number of rotatable bonds is 0. The molecule has 2 aliphatic heterocycles. The fourth-order valence-electron chi connectivity index (χ4n) is 2.53. The van der Waals surface area contributed by atoms with Crippen LogP contribution >= 0.6 is 31.9 Å². The molecule has 2 heterocycles. The molecule has 0 fully saturated rings. The van der Waals surface area contributed by atoms with Crippen LogP contribution in [0.15, 0.2) is 45.3 Å². The molecular formula is C16H16Br2N2. The van der Waals surface area contributed by atoms with Crippen molar-refractivity contribution in [2.45, 2.75) is 12.8 Å². The average Bonchev–Trinajstić information content (AvgIpc) is 3.06. The normalized spacial score (nSPS) is 14.5. The molecule has 0 aromatic heterocycles. The molecule has 0 atom stereocenters. The minimum absolute atomic E-state index is 1.09. The summed E-state index contributed by atoms with van der Waals surface area (Å²) in [5.41, 5.74) is 5.44. The van der Waals surface area contributed by atoms with E-state index in [-0.39, 0.29) is 0 Å². The number of anilines is 2. The molecule has 0 saturated heterocycles. The molecular weight excluding hydrogens is 380 g/mol. The lowest BCUT2D eigenvalue weighted by Crippen LogP contribution is -1.90. The van der Waals surface area contributed by atoms with Gasteiger partial charge in [0, 0.05) is 33.4 Å². The van der Waals surface area contributed by atoms with Crippen molar-refractivity contribution in [2.24, 2.45) is 0 Å². The first kappa shape index (κ1) is 14.0. The maximum Gasteiger partial charge on any atom is 0.0384 e. The third kappa shape index (κ3) is 3.18. The van der Waals surface area contributed by atoms with Gasteiger partial charge in [0.1, 0.15) is 0 Å². The Hall–Kier alpha value is -1.00. The zero-order valence-electron chi connectivity index (χ0n) is 11.0. The van der Waals surface area contributed by atoms with Crippen LogP contribution in [0.5, 0.6) is 0 Å². The van der Waals surface area contributed by atoms with E-state index in [9.17, 15) is 0 Å². The molecule has 0 bridgehead atoms. The smallest absolute Gasteiger partial charge is 0.0384 e. The highest BCUT2D eigenvalue weighted by molar-refractivity contribution is 9.10. The Bertz CT molecular complexity index is 570. The number of hydrogen-bond donors (Lipinski definition) is 2. The lowest BCUT2D eigenvalue weighted by Gasteiger charge is -1.97. The molecule has 2 aromatic rings. The molecule has 0 radical (unpaired) electrons. The van der Waals surface area contributed by atoms with E-state index in [1.807, 2.05) is 0 Å². The molecule has 2 N–H and O–H groups in total. The Balaban J connectivity index is 0.000000121. The van der Waals surface area contributed by atoms with Crippen molar-refractivity contribution >= 4 is 43.2 Å². The van der Waals surface area contributed by atoms with Crippen LogP contribution < -0.4 is 10.6 Å². The second kappa shape index (κ2) is 6.19. The molecule has 2 nitrogen and oxygen atoms in total. The van der Waals surface area contributed by atoms with Gasteiger partial charge in [-0.2, -0.15) is 0 Å². The summed E-state index contributed by atoms with van der Waals surface area (Å²) >= 11 is 6.85. The largest absolute Gasteiger partial charge is 0.384 e. The first-order chi connectivity index (χ1) is 9.72. The van der Waals surface area contributed by atoms with Gasteiger partial charge >= 0.3 is 0 Å². The second-order valence-corrected chi connectivity index (χ2v) is 6.79. The molecule has 2 aliphatic rings. The first-order valence-corrected chi connectivity index (χ1v) is 8.35. The van der Waals surface area contributed by atoms with Crippen LogP contribution in [-0.2, 0) is 12.8 Å². The van der Waals surface area contributed by atoms with Crippen LogP contribution in [0.3, 0.4) is 0 Å². The number of hydrogen-bond acceptors (Lipinski definition) is 2. The molecule has 0 amide bonds. The van der Waals surface area contributed by atoms with Crippen molar-refractivity contribution in [3.05, 3.63) is 56.5 Å². The summed E-state index contributed by atoms with van der Waals surface area (Å²) in [4.78, 5) is 0. The van der Waals surface area contributed by atoms with Crippen molar-refractivity contribution < 1.29 is 0 Å². The van der Waals surface area contributed by atoms with E-state index in [4.69, 9.17) is 0 Å². The van der Waals surface area contributed by atoms with Crippen molar-refractivity contribution in [1.82, 2.24) is 0 Å². The fourth-order valence-corrected chi connectivity index (χ4v) is 3.25. The van der Waals surface area contributed by atoms with E-state index in [0.29, 0.717) is 0 Å². The van der Waals surface area contributed by atoms with Gasteiger partial charge in [0.15, 0.2) is 0 Å². The van der Waals surface area contributed by atoms with Gasteiger partial charge in [0.05, 0.1) is 0 Å². The zero-order chi connectivity index (χ0) is 13.9. The van der Waals surface area contributed by atoms with Crippen LogP contribution in [-0.4, -0.2) is 13.1 Å². The van der Waals surface area contributed by atoms with Gasteiger partial charge in [-0.1, -0.05) is 44.0 Å². The van der Waals surface area contributed by atoms with Gasteiger partial charge in [-0.3, -0.25) is 0 Å². The molecule has 4 rings (SSSR count). The van der Waals surface area contributed by atoms with Crippen molar-refractivity contribution in [3.8, 4) is 0 Å². The standard InChI is InChI=1S/2C8H8BrN/c2*9-7-2-1-6-3-4-10-8(6)5-7/h2*1-2,5,10H,3-4H2. The molecule has 104 valence electrons. The Morgan fingerprint density at radius 2 is 1.15 bits per heavy atom. The van der Waals surface area contributed by atoms with Gasteiger partial charge in [0.2, 0.25) is 0 Å². The lowest BCUT2D eigenvalue weighted by molar-refractivity contribution is 1.11. The van der Waals surface area contributed by atoms with E-state index >= 15 is 0 Å². The average molecular weight is 396 g/mol. The third-order valence-electron chi connectivity index (χ3n) is 3.56. The van der Waals surface area contributed by atoms with Gasteiger partial charge in [-0.25, -0.2) is 0 Å². The lowest BCUT2D eigenvalue weighted by atomic mass is 10.2. The number of fused-ring (bicyclic) bond motifs is 2. The Labute approximate surface area is 136 Å². The van der Waals surface area contributed by atoms with Crippen LogP contribution in [0.1, 0.15) is 11.1 Å². The summed E-state index contributed by atoms with van der Waals surface area (Å²) in [6, 6.07) is 12.8. The molecule has 0 unspecified atom stereocenters. The van der Waals surface area contributed by atoms with E-state index in [0.717, 1.165) is 22.0 Å². The summed E-state index contributed by atoms with van der Waals surface area (Å²) in [6.45, 7) is 2.18. The van der Waals surface area contributed by atoms with E-state index in [1.54, 1.807) is 0 Å². The molecule has 0 spiro atoms. The number of nitrogens with one attached hydrogen (secondary N) is 2. The van der Waals surface area contributed by atoms with Gasteiger partial charge in [-0.05, 0) is 48.2 Å². The van der Waals surface area contributed by atoms with E-state index < -0.39 is 0 Å². The van der Waals surface area contributed by atoms with Crippen LogP contribution in [0.25, 0.3) is 0 Å². The number of halogens is 2. The van der Waals surface area contributed by atoms with Gasteiger partial charge in [0.25, 0.3) is 0 Å². The van der Waals surface area contributed by atoms with Crippen molar-refractivity contribution in [2.75, 3.05) is 23.7 Å². The monoisotopic (exact) mass is 394 g/mol. The predicted octanol–water partition coefficient (Wildman–Crippen LogP) is 4.83. The van der Waals surface area contributed by atoms with E-state index in [2.05, 4.69) is 78.9 Å². The highest BCUT2D eigenvalue weighted by atomic mass is 79.9. The Morgan fingerprint density at radius 1 is 0.700 bits per heavy atom. The summed E-state index contributed by atoms with van der Waals surface area (Å²) < 4.78 is 2.31. The van der Waals surface area contributed by atoms with Gasteiger partial charge < -0.3 is 10.6 Å². The van der Waals surface area contributed by atoms with Crippen LogP contribution in [0.4, 0.5) is 11.4 Å². The fraction of sp³-hybridized carbons (Fsp3) is 0.250. The first-order valence-electron chi connectivity index (χ1n) is 6.77. The molecule has 0 saturated carbocycles. The molecule has 20 heavy (non-hydrogen) atoms. The van der Waals surface area contributed by atoms with E-state index in [1.165, 1.54) is 35.3 Å². The molecule has 2 aromatic carbocycles. The molecule has 4 heteroatoms. The summed E-state index contributed by atoms with van der Waals surface area (Å²) in [5, 5.41) is 6.62. The highest BCUT2D eigenvalue weighted by Crippen LogP contribution is 2.26. The Morgan fingerprint density at radius 3 is 1.60 bits per heavy atom. The van der Waals surface area contributed by atoms with Crippen LogP contribution in [0.2, 0.25) is 0 Å². The zero-order valence-corrected chi connectivity index (χ0v) is 14.2. The second-order valence-electron chi connectivity index (χ2n) is 4.96. The minimum atomic E-state index is 1.09. The third-order valence-corrected chi connectivity index (χ3v) is 4.55. The topological polar surface area (TPSA) is 24.1 Å². The summed E-state index contributed by atoms with van der Waals surface area (Å²) in [6.07, 6.45) is 2.34. The summed E-state index contributed by atoms with van der Waals surface area (Å²) in [7, 11) is 0. The maximum absolute atomic E-state index is 3.42.